The molecule has 2 rings (SSSR count). The fourth-order valence-electron chi connectivity index (χ4n) is 1.52. The van der Waals surface area contributed by atoms with Gasteiger partial charge in [-0.2, -0.15) is 0 Å². The molecule has 0 heterocycles. The van der Waals surface area contributed by atoms with E-state index in [1.165, 1.54) is 12.1 Å². The molecule has 0 saturated heterocycles. The Morgan fingerprint density at radius 1 is 1.22 bits per heavy atom. The molecule has 2 aromatic rings. The van der Waals surface area contributed by atoms with E-state index in [-0.39, 0.29) is 11.6 Å². The molecule has 0 aliphatic heterocycles. The summed E-state index contributed by atoms with van der Waals surface area (Å²) in [5.74, 6) is -0.190. The molecule has 0 aromatic heterocycles. The van der Waals surface area contributed by atoms with Crippen molar-refractivity contribution in [3.05, 3.63) is 57.3 Å². The topological polar surface area (TPSA) is 32.3 Å². The van der Waals surface area contributed by atoms with E-state index < -0.39 is 0 Å². The van der Waals surface area contributed by atoms with Crippen molar-refractivity contribution in [2.75, 3.05) is 5.32 Å². The van der Waals surface area contributed by atoms with E-state index in [2.05, 4.69) is 21.2 Å². The van der Waals surface area contributed by atoms with Crippen LogP contribution >= 0.6 is 27.5 Å². The SMILES string of the molecule is Oc1ccc(CNc2cc(F)cc(Cl)c2)cc1Br. The molecule has 2 aromatic carbocycles. The second-order valence-electron chi connectivity index (χ2n) is 3.80. The first-order chi connectivity index (χ1) is 8.54. The lowest BCUT2D eigenvalue weighted by atomic mass is 10.2. The van der Waals surface area contributed by atoms with E-state index in [4.69, 9.17) is 11.6 Å². The lowest BCUT2D eigenvalue weighted by Crippen LogP contribution is -1.99. The molecule has 0 unspecified atom stereocenters. The van der Waals surface area contributed by atoms with Crippen LogP contribution in [-0.2, 0) is 6.54 Å². The minimum atomic E-state index is -0.378. The number of rotatable bonds is 3. The number of aromatic hydroxyl groups is 1. The van der Waals surface area contributed by atoms with E-state index in [1.54, 1.807) is 24.3 Å². The molecule has 0 aliphatic rings. The van der Waals surface area contributed by atoms with Crippen LogP contribution in [0.4, 0.5) is 10.1 Å². The van der Waals surface area contributed by atoms with Crippen molar-refractivity contribution in [1.82, 2.24) is 0 Å². The second kappa shape index (κ2) is 5.59. The lowest BCUT2D eigenvalue weighted by Gasteiger charge is -2.08. The molecule has 0 fully saturated rings. The van der Waals surface area contributed by atoms with Crippen molar-refractivity contribution >= 4 is 33.2 Å². The Morgan fingerprint density at radius 2 is 2.00 bits per heavy atom. The normalized spacial score (nSPS) is 10.4. The molecule has 2 N–H and O–H groups in total. The van der Waals surface area contributed by atoms with Gasteiger partial charge >= 0.3 is 0 Å². The van der Waals surface area contributed by atoms with Crippen LogP contribution in [0.1, 0.15) is 5.56 Å². The summed E-state index contributed by atoms with van der Waals surface area (Å²) in [5.41, 5.74) is 1.57. The van der Waals surface area contributed by atoms with Crippen LogP contribution in [0.3, 0.4) is 0 Å². The summed E-state index contributed by atoms with van der Waals surface area (Å²) in [6.45, 7) is 0.513. The van der Waals surface area contributed by atoms with Gasteiger partial charge in [0.05, 0.1) is 4.47 Å². The number of phenols is 1. The number of hydrogen-bond donors (Lipinski definition) is 2. The van der Waals surface area contributed by atoms with Crippen LogP contribution in [0.15, 0.2) is 40.9 Å². The first kappa shape index (κ1) is 13.2. The van der Waals surface area contributed by atoms with Crippen LogP contribution in [0.2, 0.25) is 5.02 Å². The lowest BCUT2D eigenvalue weighted by molar-refractivity contribution is 0.471. The Labute approximate surface area is 118 Å². The smallest absolute Gasteiger partial charge is 0.129 e. The van der Waals surface area contributed by atoms with Crippen molar-refractivity contribution in [3.63, 3.8) is 0 Å². The Balaban J connectivity index is 2.08. The quantitative estimate of drug-likeness (QED) is 0.864. The van der Waals surface area contributed by atoms with Crippen molar-refractivity contribution in [3.8, 4) is 5.75 Å². The maximum absolute atomic E-state index is 13.1. The number of anilines is 1. The Bertz CT molecular complexity index is 557. The fourth-order valence-corrected chi connectivity index (χ4v) is 2.17. The molecular weight excluding hydrogens is 321 g/mol. The molecule has 0 atom stereocenters. The highest BCUT2D eigenvalue weighted by atomic mass is 79.9. The fraction of sp³-hybridized carbons (Fsp3) is 0.0769. The largest absolute Gasteiger partial charge is 0.507 e. The predicted octanol–water partition coefficient (Wildman–Crippen LogP) is 4.56. The summed E-state index contributed by atoms with van der Waals surface area (Å²) in [4.78, 5) is 0. The molecule has 5 heteroatoms. The second-order valence-corrected chi connectivity index (χ2v) is 5.09. The van der Waals surface area contributed by atoms with E-state index in [9.17, 15) is 9.50 Å². The third-order valence-electron chi connectivity index (χ3n) is 2.37. The third kappa shape index (κ3) is 3.37. The van der Waals surface area contributed by atoms with Crippen LogP contribution in [0.25, 0.3) is 0 Å². The van der Waals surface area contributed by atoms with Gasteiger partial charge in [-0.25, -0.2) is 4.39 Å². The zero-order chi connectivity index (χ0) is 13.1. The molecule has 0 aliphatic carbocycles. The first-order valence-electron chi connectivity index (χ1n) is 5.22. The van der Waals surface area contributed by atoms with Gasteiger partial charge in [0.1, 0.15) is 11.6 Å². The zero-order valence-corrected chi connectivity index (χ0v) is 11.6. The third-order valence-corrected chi connectivity index (χ3v) is 3.22. The van der Waals surface area contributed by atoms with Gasteiger partial charge in [-0.3, -0.25) is 0 Å². The Kier molecular flexibility index (Phi) is 4.09. The molecule has 18 heavy (non-hydrogen) atoms. The van der Waals surface area contributed by atoms with E-state index in [0.717, 1.165) is 5.56 Å². The molecule has 94 valence electrons. The van der Waals surface area contributed by atoms with E-state index in [1.807, 2.05) is 0 Å². The number of phenolic OH excluding ortho intramolecular Hbond substituents is 1. The van der Waals surface area contributed by atoms with Crippen molar-refractivity contribution in [1.29, 1.82) is 0 Å². The maximum atomic E-state index is 13.1. The molecule has 0 spiro atoms. The Hall–Kier alpha value is -1.26. The van der Waals surface area contributed by atoms with Gasteiger partial charge in [-0.1, -0.05) is 17.7 Å². The summed E-state index contributed by atoms with van der Waals surface area (Å²) in [6.07, 6.45) is 0. The van der Waals surface area contributed by atoms with Gasteiger partial charge in [-0.05, 0) is 51.8 Å². The number of nitrogens with one attached hydrogen (secondary N) is 1. The molecular formula is C13H10BrClFNO. The standard InChI is InChI=1S/C13H10BrClFNO/c14-12-3-8(1-2-13(12)18)7-17-11-5-9(15)4-10(16)6-11/h1-6,17-18H,7H2. The zero-order valence-electron chi connectivity index (χ0n) is 9.25. The molecule has 0 amide bonds. The van der Waals surface area contributed by atoms with Gasteiger partial charge in [0.15, 0.2) is 0 Å². The van der Waals surface area contributed by atoms with Crippen molar-refractivity contribution in [2.45, 2.75) is 6.54 Å². The van der Waals surface area contributed by atoms with Gasteiger partial charge < -0.3 is 10.4 Å². The predicted molar refractivity (Wildman–Crippen MR) is 74.5 cm³/mol. The van der Waals surface area contributed by atoms with E-state index >= 15 is 0 Å². The van der Waals surface area contributed by atoms with Crippen molar-refractivity contribution < 1.29 is 9.50 Å². The van der Waals surface area contributed by atoms with Crippen LogP contribution in [0.5, 0.6) is 5.75 Å². The molecule has 0 saturated carbocycles. The minimum Gasteiger partial charge on any atom is -0.507 e. The first-order valence-corrected chi connectivity index (χ1v) is 6.39. The van der Waals surface area contributed by atoms with Gasteiger partial charge in [0.25, 0.3) is 0 Å². The summed E-state index contributed by atoms with van der Waals surface area (Å²) in [6, 6.07) is 9.46. The molecule has 0 radical (unpaired) electrons. The number of hydrogen-bond acceptors (Lipinski definition) is 2. The van der Waals surface area contributed by atoms with Crippen molar-refractivity contribution in [2.24, 2.45) is 0 Å². The van der Waals surface area contributed by atoms with Crippen LogP contribution < -0.4 is 5.32 Å². The number of benzene rings is 2. The van der Waals surface area contributed by atoms with E-state index in [0.29, 0.717) is 21.7 Å². The Morgan fingerprint density at radius 3 is 2.67 bits per heavy atom. The average molecular weight is 331 g/mol. The highest BCUT2D eigenvalue weighted by molar-refractivity contribution is 9.10. The van der Waals surface area contributed by atoms with Gasteiger partial charge in [0, 0.05) is 17.3 Å². The average Bonchev–Trinajstić information content (AvgIpc) is 2.29. The summed E-state index contributed by atoms with van der Waals surface area (Å²) in [5, 5.41) is 12.8. The number of halogens is 3. The monoisotopic (exact) mass is 329 g/mol. The van der Waals surface area contributed by atoms with Crippen LogP contribution in [-0.4, -0.2) is 5.11 Å². The summed E-state index contributed by atoms with van der Waals surface area (Å²) >= 11 is 8.99. The summed E-state index contributed by atoms with van der Waals surface area (Å²) in [7, 11) is 0. The highest BCUT2D eigenvalue weighted by Crippen LogP contribution is 2.25. The highest BCUT2D eigenvalue weighted by Gasteiger charge is 2.02. The van der Waals surface area contributed by atoms with Gasteiger partial charge in [-0.15, -0.1) is 0 Å². The minimum absolute atomic E-state index is 0.188. The molecule has 2 nitrogen and oxygen atoms in total. The molecule has 0 bridgehead atoms. The van der Waals surface area contributed by atoms with Crippen LogP contribution in [0, 0.1) is 5.82 Å². The summed E-state index contributed by atoms with van der Waals surface area (Å²) < 4.78 is 13.7. The van der Waals surface area contributed by atoms with Gasteiger partial charge in [0.2, 0.25) is 0 Å². The maximum Gasteiger partial charge on any atom is 0.129 e.